The van der Waals surface area contributed by atoms with Crippen molar-refractivity contribution in [1.82, 2.24) is 14.5 Å². The number of carbonyl (C=O) groups is 1. The zero-order valence-corrected chi connectivity index (χ0v) is 18.6. The monoisotopic (exact) mass is 429 g/mol. The zero-order valence-electron chi connectivity index (χ0n) is 17.0. The molecule has 28 heavy (non-hydrogen) atoms. The van der Waals surface area contributed by atoms with Crippen LogP contribution in [0, 0.1) is 19.8 Å². The van der Waals surface area contributed by atoms with Crippen molar-refractivity contribution < 1.29 is 13.2 Å². The maximum absolute atomic E-state index is 12.9. The summed E-state index contributed by atoms with van der Waals surface area (Å²) in [6, 6.07) is 5.58. The number of benzene rings is 1. The van der Waals surface area contributed by atoms with Gasteiger partial charge in [0.2, 0.25) is 15.9 Å². The third kappa shape index (κ3) is 4.87. The molecule has 0 atom stereocenters. The van der Waals surface area contributed by atoms with Crippen molar-refractivity contribution in [3.05, 3.63) is 29.3 Å². The molecule has 2 aliphatic heterocycles. The number of nitrogens with one attached hydrogen (secondary N) is 1. The van der Waals surface area contributed by atoms with Crippen molar-refractivity contribution in [2.24, 2.45) is 5.92 Å². The molecule has 3 rings (SSSR count). The summed E-state index contributed by atoms with van der Waals surface area (Å²) in [5.41, 5.74) is 2.06. The molecule has 0 aliphatic carbocycles. The van der Waals surface area contributed by atoms with Gasteiger partial charge in [-0.1, -0.05) is 6.07 Å². The summed E-state index contributed by atoms with van der Waals surface area (Å²) in [7, 11) is -1.59. The molecule has 0 bridgehead atoms. The number of nitrogens with zero attached hydrogens (tertiary/aromatic N) is 2. The Morgan fingerprint density at radius 2 is 1.68 bits per heavy atom. The lowest BCUT2D eigenvalue weighted by molar-refractivity contribution is -0.138. The molecule has 2 aliphatic rings. The smallest absolute Gasteiger partial charge is 0.243 e. The molecule has 1 amide bonds. The van der Waals surface area contributed by atoms with Crippen LogP contribution in [0.25, 0.3) is 0 Å². The molecule has 1 aromatic rings. The van der Waals surface area contributed by atoms with E-state index in [-0.39, 0.29) is 24.2 Å². The van der Waals surface area contributed by atoms with Gasteiger partial charge in [0.1, 0.15) is 0 Å². The third-order valence-corrected chi connectivity index (χ3v) is 8.02. The number of aryl methyl sites for hydroxylation is 2. The van der Waals surface area contributed by atoms with Crippen LogP contribution < -0.4 is 5.32 Å². The van der Waals surface area contributed by atoms with Gasteiger partial charge in [0, 0.05) is 32.1 Å². The van der Waals surface area contributed by atoms with Gasteiger partial charge in [-0.3, -0.25) is 4.79 Å². The van der Waals surface area contributed by atoms with E-state index in [1.54, 1.807) is 12.1 Å². The average molecular weight is 430 g/mol. The van der Waals surface area contributed by atoms with Gasteiger partial charge >= 0.3 is 0 Å². The van der Waals surface area contributed by atoms with E-state index < -0.39 is 10.0 Å². The van der Waals surface area contributed by atoms with Crippen LogP contribution in [0.2, 0.25) is 0 Å². The highest BCUT2D eigenvalue weighted by atomic mass is 35.5. The lowest BCUT2D eigenvalue weighted by atomic mass is 9.95. The molecule has 2 fully saturated rings. The van der Waals surface area contributed by atoms with E-state index in [0.29, 0.717) is 36.9 Å². The summed E-state index contributed by atoms with van der Waals surface area (Å²) >= 11 is 0. The van der Waals surface area contributed by atoms with Crippen molar-refractivity contribution in [2.45, 2.75) is 50.5 Å². The normalized spacial score (nSPS) is 19.8. The predicted molar refractivity (Wildman–Crippen MR) is 113 cm³/mol. The molecule has 8 heteroatoms. The van der Waals surface area contributed by atoms with Crippen LogP contribution >= 0.6 is 12.4 Å². The van der Waals surface area contributed by atoms with Gasteiger partial charge in [-0.15, -0.1) is 12.4 Å². The summed E-state index contributed by atoms with van der Waals surface area (Å²) in [5.74, 6) is 0.0983. The van der Waals surface area contributed by atoms with Gasteiger partial charge in [0.15, 0.2) is 0 Å². The Labute approximate surface area is 175 Å². The Hall–Kier alpha value is -1.15. The number of piperidine rings is 2. The Bertz CT molecular complexity index is 786. The van der Waals surface area contributed by atoms with Gasteiger partial charge in [0.05, 0.1) is 4.90 Å². The van der Waals surface area contributed by atoms with Gasteiger partial charge in [0.25, 0.3) is 0 Å². The predicted octanol–water partition coefficient (Wildman–Crippen LogP) is 2.34. The van der Waals surface area contributed by atoms with Crippen LogP contribution in [0.5, 0.6) is 0 Å². The minimum Gasteiger partial charge on any atom is -0.342 e. The quantitative estimate of drug-likeness (QED) is 0.797. The summed E-state index contributed by atoms with van der Waals surface area (Å²) < 4.78 is 27.4. The minimum atomic E-state index is -3.49. The molecule has 1 N–H and O–H groups in total. The first kappa shape index (κ1) is 23.1. The molecule has 0 spiro atoms. The summed E-state index contributed by atoms with van der Waals surface area (Å²) in [5, 5.41) is 3.32. The van der Waals surface area contributed by atoms with E-state index in [1.165, 1.54) is 4.31 Å². The highest BCUT2D eigenvalue weighted by molar-refractivity contribution is 7.89. The fourth-order valence-corrected chi connectivity index (χ4v) is 5.58. The number of carbonyl (C=O) groups excluding carboxylic acids is 1. The second kappa shape index (κ2) is 9.57. The zero-order chi connectivity index (χ0) is 19.6. The van der Waals surface area contributed by atoms with Crippen LogP contribution in [0.3, 0.4) is 0 Å². The van der Waals surface area contributed by atoms with Crippen molar-refractivity contribution in [2.75, 3.05) is 33.2 Å². The molecule has 2 heterocycles. The second-order valence-corrected chi connectivity index (χ2v) is 9.79. The van der Waals surface area contributed by atoms with Crippen LogP contribution in [0.4, 0.5) is 0 Å². The molecular weight excluding hydrogens is 398 g/mol. The van der Waals surface area contributed by atoms with E-state index in [0.717, 1.165) is 37.1 Å². The van der Waals surface area contributed by atoms with E-state index >= 15 is 0 Å². The molecule has 0 saturated carbocycles. The van der Waals surface area contributed by atoms with Crippen LogP contribution in [0.1, 0.15) is 36.8 Å². The summed E-state index contributed by atoms with van der Waals surface area (Å²) in [6.07, 6.45) is 3.17. The Balaban J connectivity index is 0.00000280. The van der Waals surface area contributed by atoms with E-state index in [2.05, 4.69) is 5.32 Å². The Morgan fingerprint density at radius 3 is 2.25 bits per heavy atom. The van der Waals surface area contributed by atoms with Gasteiger partial charge in [-0.25, -0.2) is 8.42 Å². The fraction of sp³-hybridized carbons (Fsp3) is 0.650. The lowest BCUT2D eigenvalue weighted by Crippen LogP contribution is -2.48. The molecule has 0 aromatic heterocycles. The van der Waals surface area contributed by atoms with Crippen LogP contribution in [-0.2, 0) is 14.8 Å². The average Bonchev–Trinajstić information content (AvgIpc) is 2.69. The largest absolute Gasteiger partial charge is 0.342 e. The SMILES string of the molecule is Cc1ccc(S(=O)(=O)N2CCC(C(=O)N(C)C3CCNCC3)CC2)cc1C.Cl. The summed E-state index contributed by atoms with van der Waals surface area (Å²) in [6.45, 7) is 6.62. The minimum absolute atomic E-state index is 0. The van der Waals surface area contributed by atoms with Gasteiger partial charge in [-0.2, -0.15) is 4.31 Å². The molecule has 0 unspecified atom stereocenters. The fourth-order valence-electron chi connectivity index (χ4n) is 4.03. The maximum Gasteiger partial charge on any atom is 0.243 e. The number of rotatable bonds is 4. The van der Waals surface area contributed by atoms with Crippen molar-refractivity contribution in [3.63, 3.8) is 0 Å². The number of halogens is 1. The maximum atomic E-state index is 12.9. The lowest BCUT2D eigenvalue weighted by Gasteiger charge is -2.36. The summed E-state index contributed by atoms with van der Waals surface area (Å²) in [4.78, 5) is 15.1. The highest BCUT2D eigenvalue weighted by Crippen LogP contribution is 2.27. The van der Waals surface area contributed by atoms with Crippen LogP contribution in [-0.4, -0.2) is 62.8 Å². The molecule has 158 valence electrons. The van der Waals surface area contributed by atoms with E-state index in [1.807, 2.05) is 31.9 Å². The van der Waals surface area contributed by atoms with Crippen molar-refractivity contribution >= 4 is 28.3 Å². The van der Waals surface area contributed by atoms with Gasteiger partial charge < -0.3 is 10.2 Å². The Kier molecular flexibility index (Phi) is 7.90. The highest BCUT2D eigenvalue weighted by Gasteiger charge is 2.34. The van der Waals surface area contributed by atoms with Crippen molar-refractivity contribution in [3.8, 4) is 0 Å². The molecule has 1 aromatic carbocycles. The van der Waals surface area contributed by atoms with E-state index in [4.69, 9.17) is 0 Å². The van der Waals surface area contributed by atoms with Gasteiger partial charge in [-0.05, 0) is 75.9 Å². The standard InChI is InChI=1S/C20H31N3O3S.ClH/c1-15-4-5-19(14-16(15)2)27(25,26)23-12-8-17(9-13-23)20(24)22(3)18-6-10-21-11-7-18;/h4-5,14,17-18,21H,6-13H2,1-3H3;1H. The molecular formula is C20H32ClN3O3S. The first-order chi connectivity index (χ1) is 12.8. The second-order valence-electron chi connectivity index (χ2n) is 7.85. The third-order valence-electron chi connectivity index (χ3n) is 6.12. The molecule has 6 nitrogen and oxygen atoms in total. The number of sulfonamides is 1. The van der Waals surface area contributed by atoms with Crippen LogP contribution in [0.15, 0.2) is 23.1 Å². The van der Waals surface area contributed by atoms with E-state index in [9.17, 15) is 13.2 Å². The topological polar surface area (TPSA) is 69.7 Å². The number of hydrogen-bond acceptors (Lipinski definition) is 4. The molecule has 2 saturated heterocycles. The first-order valence-electron chi connectivity index (χ1n) is 9.85. The number of amides is 1. The number of hydrogen-bond donors (Lipinski definition) is 1. The molecule has 0 radical (unpaired) electrons. The first-order valence-corrected chi connectivity index (χ1v) is 11.3. The Morgan fingerprint density at radius 1 is 1.07 bits per heavy atom. The van der Waals surface area contributed by atoms with Crippen molar-refractivity contribution in [1.29, 1.82) is 0 Å².